The summed E-state index contributed by atoms with van der Waals surface area (Å²) in [5.41, 5.74) is 0. The van der Waals surface area contributed by atoms with E-state index in [-0.39, 0.29) is 24.2 Å². The first-order valence-electron chi connectivity index (χ1n) is 5.95. The molecule has 0 bridgehead atoms. The Labute approximate surface area is 96.4 Å². The van der Waals surface area contributed by atoms with Crippen molar-refractivity contribution in [2.24, 2.45) is 11.8 Å². The molecule has 0 saturated carbocycles. The number of ether oxygens (including phenoxy) is 1. The highest BCUT2D eigenvalue weighted by Crippen LogP contribution is 2.35. The fraction of sp³-hybridized carbons (Fsp3) is 0.692. The summed E-state index contributed by atoms with van der Waals surface area (Å²) in [6.07, 6.45) is 2.17. The average Bonchev–Trinajstić information content (AvgIpc) is 2.77. The van der Waals surface area contributed by atoms with Gasteiger partial charge in [-0.25, -0.2) is 0 Å². The molecule has 90 valence electrons. The molecule has 2 heterocycles. The Morgan fingerprint density at radius 2 is 2.06 bits per heavy atom. The molecule has 0 spiro atoms. The second kappa shape index (κ2) is 4.60. The maximum Gasteiger partial charge on any atom is 0.106 e. The molecule has 0 aliphatic carbocycles. The normalized spacial score (nSPS) is 36.5. The van der Waals surface area contributed by atoms with Gasteiger partial charge in [0, 0.05) is 12.3 Å². The van der Waals surface area contributed by atoms with Crippen molar-refractivity contribution in [1.82, 2.24) is 0 Å². The lowest BCUT2D eigenvalue weighted by molar-refractivity contribution is 0.0225. The molecule has 5 unspecified atom stereocenters. The lowest BCUT2D eigenvalue weighted by atomic mass is 9.83. The zero-order valence-corrected chi connectivity index (χ0v) is 10.1. The first kappa shape index (κ1) is 11.7. The van der Waals surface area contributed by atoms with E-state index in [4.69, 9.17) is 9.15 Å². The quantitative estimate of drug-likeness (QED) is 0.856. The van der Waals surface area contributed by atoms with E-state index in [2.05, 4.69) is 13.8 Å². The first-order chi connectivity index (χ1) is 7.59. The summed E-state index contributed by atoms with van der Waals surface area (Å²) in [5.74, 6) is 1.42. The molecule has 3 heteroatoms. The van der Waals surface area contributed by atoms with Crippen LogP contribution in [-0.2, 0) is 11.2 Å². The van der Waals surface area contributed by atoms with Crippen molar-refractivity contribution in [2.75, 3.05) is 0 Å². The summed E-state index contributed by atoms with van der Waals surface area (Å²) in [4.78, 5) is 0. The zero-order chi connectivity index (χ0) is 11.7. The molecule has 0 aromatic carbocycles. The van der Waals surface area contributed by atoms with Crippen molar-refractivity contribution in [3.05, 3.63) is 24.2 Å². The SMILES string of the molecule is CC1OC(C)C(C(O)Cc2ccco2)C1C. The van der Waals surface area contributed by atoms with E-state index in [1.165, 1.54) is 0 Å². The third-order valence-corrected chi connectivity index (χ3v) is 3.75. The van der Waals surface area contributed by atoms with Crippen molar-refractivity contribution in [2.45, 2.75) is 45.5 Å². The fourth-order valence-corrected chi connectivity index (χ4v) is 2.73. The van der Waals surface area contributed by atoms with E-state index in [0.717, 1.165) is 5.76 Å². The number of aliphatic hydroxyl groups excluding tert-OH is 1. The Kier molecular flexibility index (Phi) is 3.36. The van der Waals surface area contributed by atoms with Crippen LogP contribution in [0.4, 0.5) is 0 Å². The van der Waals surface area contributed by atoms with Gasteiger partial charge in [0.2, 0.25) is 0 Å². The van der Waals surface area contributed by atoms with Crippen LogP contribution >= 0.6 is 0 Å². The van der Waals surface area contributed by atoms with Crippen molar-refractivity contribution >= 4 is 0 Å². The summed E-state index contributed by atoms with van der Waals surface area (Å²) in [6.45, 7) is 6.25. The minimum Gasteiger partial charge on any atom is -0.469 e. The Morgan fingerprint density at radius 1 is 1.31 bits per heavy atom. The fourth-order valence-electron chi connectivity index (χ4n) is 2.73. The highest BCUT2D eigenvalue weighted by molar-refractivity contribution is 5.01. The van der Waals surface area contributed by atoms with Gasteiger partial charge in [0.1, 0.15) is 5.76 Å². The highest BCUT2D eigenvalue weighted by atomic mass is 16.5. The van der Waals surface area contributed by atoms with Gasteiger partial charge in [-0.15, -0.1) is 0 Å². The highest BCUT2D eigenvalue weighted by Gasteiger charge is 2.41. The van der Waals surface area contributed by atoms with Gasteiger partial charge in [0.05, 0.1) is 24.6 Å². The summed E-state index contributed by atoms with van der Waals surface area (Å²) in [7, 11) is 0. The molecule has 1 N–H and O–H groups in total. The molecule has 2 rings (SSSR count). The van der Waals surface area contributed by atoms with Crippen molar-refractivity contribution in [3.8, 4) is 0 Å². The van der Waals surface area contributed by atoms with Crippen LogP contribution in [-0.4, -0.2) is 23.4 Å². The number of rotatable bonds is 3. The van der Waals surface area contributed by atoms with Crippen LogP contribution < -0.4 is 0 Å². The van der Waals surface area contributed by atoms with Crippen LogP contribution in [0.25, 0.3) is 0 Å². The van der Waals surface area contributed by atoms with Crippen molar-refractivity contribution in [3.63, 3.8) is 0 Å². The summed E-state index contributed by atoms with van der Waals surface area (Å²) in [5, 5.41) is 10.2. The summed E-state index contributed by atoms with van der Waals surface area (Å²) >= 11 is 0. The third kappa shape index (κ3) is 2.15. The molecular weight excluding hydrogens is 204 g/mol. The molecule has 1 saturated heterocycles. The standard InChI is InChI=1S/C13H20O3/c1-8-9(2)16-10(3)13(8)12(14)7-11-5-4-6-15-11/h4-6,8-10,12-14H,7H2,1-3H3. The molecule has 5 atom stereocenters. The Bertz CT molecular complexity index is 320. The minimum absolute atomic E-state index is 0.120. The molecule has 1 aromatic rings. The van der Waals surface area contributed by atoms with Crippen LogP contribution in [0.15, 0.2) is 22.8 Å². The van der Waals surface area contributed by atoms with Gasteiger partial charge < -0.3 is 14.3 Å². The molecule has 0 radical (unpaired) electrons. The second-order valence-electron chi connectivity index (χ2n) is 4.83. The first-order valence-corrected chi connectivity index (χ1v) is 5.95. The van der Waals surface area contributed by atoms with Crippen molar-refractivity contribution in [1.29, 1.82) is 0 Å². The summed E-state index contributed by atoms with van der Waals surface area (Å²) in [6, 6.07) is 3.75. The Balaban J connectivity index is 2.01. The van der Waals surface area contributed by atoms with Gasteiger partial charge in [-0.05, 0) is 31.9 Å². The molecule has 0 amide bonds. The smallest absolute Gasteiger partial charge is 0.106 e. The maximum absolute atomic E-state index is 10.2. The number of hydrogen-bond donors (Lipinski definition) is 1. The van der Waals surface area contributed by atoms with E-state index in [1.807, 2.05) is 19.1 Å². The van der Waals surface area contributed by atoms with Crippen LogP contribution in [0.3, 0.4) is 0 Å². The molecule has 1 aliphatic heterocycles. The molecule has 3 nitrogen and oxygen atoms in total. The number of furan rings is 1. The van der Waals surface area contributed by atoms with E-state index in [9.17, 15) is 5.11 Å². The Hall–Kier alpha value is -0.800. The van der Waals surface area contributed by atoms with Gasteiger partial charge in [0.25, 0.3) is 0 Å². The van der Waals surface area contributed by atoms with E-state index in [0.29, 0.717) is 12.3 Å². The number of aliphatic hydroxyl groups is 1. The molecule has 1 fully saturated rings. The van der Waals surface area contributed by atoms with Crippen molar-refractivity contribution < 1.29 is 14.3 Å². The van der Waals surface area contributed by atoms with Crippen LogP contribution in [0.2, 0.25) is 0 Å². The average molecular weight is 224 g/mol. The predicted octanol–water partition coefficient (Wildman–Crippen LogP) is 2.24. The Morgan fingerprint density at radius 3 is 2.56 bits per heavy atom. The topological polar surface area (TPSA) is 42.6 Å². The van der Waals surface area contributed by atoms with Gasteiger partial charge in [-0.2, -0.15) is 0 Å². The molecular formula is C13H20O3. The predicted molar refractivity (Wildman–Crippen MR) is 61.1 cm³/mol. The lowest BCUT2D eigenvalue weighted by Gasteiger charge is -2.23. The third-order valence-electron chi connectivity index (χ3n) is 3.75. The van der Waals surface area contributed by atoms with Gasteiger partial charge in [-0.1, -0.05) is 6.92 Å². The van der Waals surface area contributed by atoms with Crippen LogP contribution in [0, 0.1) is 11.8 Å². The van der Waals surface area contributed by atoms with Gasteiger partial charge >= 0.3 is 0 Å². The zero-order valence-electron chi connectivity index (χ0n) is 10.1. The van der Waals surface area contributed by atoms with Gasteiger partial charge in [0.15, 0.2) is 0 Å². The maximum atomic E-state index is 10.2. The number of hydrogen-bond acceptors (Lipinski definition) is 3. The summed E-state index contributed by atoms with van der Waals surface area (Å²) < 4.78 is 11.0. The lowest BCUT2D eigenvalue weighted by Crippen LogP contribution is -2.32. The molecule has 16 heavy (non-hydrogen) atoms. The molecule has 1 aromatic heterocycles. The minimum atomic E-state index is -0.388. The molecule has 1 aliphatic rings. The van der Waals surface area contributed by atoms with Crippen LogP contribution in [0.5, 0.6) is 0 Å². The second-order valence-corrected chi connectivity index (χ2v) is 4.83. The largest absolute Gasteiger partial charge is 0.469 e. The monoisotopic (exact) mass is 224 g/mol. The van der Waals surface area contributed by atoms with E-state index >= 15 is 0 Å². The van der Waals surface area contributed by atoms with E-state index < -0.39 is 0 Å². The van der Waals surface area contributed by atoms with Crippen LogP contribution in [0.1, 0.15) is 26.5 Å². The van der Waals surface area contributed by atoms with E-state index in [1.54, 1.807) is 6.26 Å². The van der Waals surface area contributed by atoms with Gasteiger partial charge in [-0.3, -0.25) is 0 Å².